The van der Waals surface area contributed by atoms with Gasteiger partial charge in [-0.3, -0.25) is 9.59 Å². The molecule has 0 aliphatic carbocycles. The molecule has 0 unspecified atom stereocenters. The zero-order valence-corrected chi connectivity index (χ0v) is 20.2. The summed E-state index contributed by atoms with van der Waals surface area (Å²) >= 11 is 1.75. The first-order valence-corrected chi connectivity index (χ1v) is 12.1. The normalized spacial score (nSPS) is 22.6. The third-order valence-corrected chi connectivity index (χ3v) is 7.25. The Kier molecular flexibility index (Phi) is 7.85. The number of carbonyl (C=O) groups is 2. The summed E-state index contributed by atoms with van der Waals surface area (Å²) in [4.78, 5) is 28.5. The minimum absolute atomic E-state index is 0.135. The SMILES string of the molecule is CC1=C(c2ccc(CNC(=O)[C@@H]3C[C@@H](O)CN3C(=O)[C@@H](N)C(C)(C)C)cc2)SC=CCC1. The van der Waals surface area contributed by atoms with Gasteiger partial charge in [0.2, 0.25) is 11.8 Å². The first-order chi connectivity index (χ1) is 15.1. The number of aliphatic hydroxyl groups excluding tert-OH is 1. The molecular weight excluding hydrogens is 422 g/mol. The highest BCUT2D eigenvalue weighted by Crippen LogP contribution is 2.35. The minimum atomic E-state index is -0.731. The number of rotatable bonds is 5. The van der Waals surface area contributed by atoms with E-state index in [9.17, 15) is 14.7 Å². The average Bonchev–Trinajstić information content (AvgIpc) is 3.01. The highest BCUT2D eigenvalue weighted by Gasteiger charge is 2.42. The van der Waals surface area contributed by atoms with Gasteiger partial charge in [0.1, 0.15) is 6.04 Å². The highest BCUT2D eigenvalue weighted by molar-refractivity contribution is 8.11. The summed E-state index contributed by atoms with van der Waals surface area (Å²) in [5.74, 6) is -0.555. The third kappa shape index (κ3) is 5.82. The number of nitrogens with one attached hydrogen (secondary N) is 1. The van der Waals surface area contributed by atoms with E-state index in [4.69, 9.17) is 5.73 Å². The topological polar surface area (TPSA) is 95.7 Å². The first kappa shape index (κ1) is 24.6. The number of carbonyl (C=O) groups excluding carboxylic acids is 2. The van der Waals surface area contributed by atoms with Crippen molar-refractivity contribution in [3.8, 4) is 0 Å². The van der Waals surface area contributed by atoms with Crippen LogP contribution in [0.15, 0.2) is 41.3 Å². The molecule has 0 saturated carbocycles. The molecule has 4 N–H and O–H groups in total. The van der Waals surface area contributed by atoms with E-state index in [-0.39, 0.29) is 24.8 Å². The fraction of sp³-hybridized carbons (Fsp3) is 0.520. The van der Waals surface area contributed by atoms with E-state index in [1.165, 1.54) is 20.9 Å². The molecule has 0 aromatic heterocycles. The summed E-state index contributed by atoms with van der Waals surface area (Å²) in [5.41, 5.74) is 9.26. The number of allylic oxidation sites excluding steroid dienone is 2. The number of nitrogens with zero attached hydrogens (tertiary/aromatic N) is 1. The van der Waals surface area contributed by atoms with Crippen LogP contribution in [0.3, 0.4) is 0 Å². The van der Waals surface area contributed by atoms with Gasteiger partial charge in [0, 0.05) is 24.4 Å². The van der Waals surface area contributed by atoms with Crippen LogP contribution < -0.4 is 11.1 Å². The Morgan fingerprint density at radius 2 is 1.97 bits per heavy atom. The molecule has 2 aliphatic rings. The fourth-order valence-electron chi connectivity index (χ4n) is 3.95. The van der Waals surface area contributed by atoms with Crippen molar-refractivity contribution in [2.45, 2.75) is 71.7 Å². The molecule has 2 amide bonds. The summed E-state index contributed by atoms with van der Waals surface area (Å²) in [6.45, 7) is 8.35. The molecule has 0 radical (unpaired) electrons. The molecule has 1 fully saturated rings. The van der Waals surface area contributed by atoms with Gasteiger partial charge >= 0.3 is 0 Å². The van der Waals surface area contributed by atoms with E-state index >= 15 is 0 Å². The number of benzene rings is 1. The Balaban J connectivity index is 1.63. The molecule has 174 valence electrons. The number of nitrogens with two attached hydrogens (primary N) is 1. The molecule has 1 aromatic rings. The van der Waals surface area contributed by atoms with E-state index < -0.39 is 23.6 Å². The maximum Gasteiger partial charge on any atom is 0.243 e. The fourth-order valence-corrected chi connectivity index (χ4v) is 4.89. The van der Waals surface area contributed by atoms with Gasteiger partial charge in [0.25, 0.3) is 0 Å². The molecule has 1 saturated heterocycles. The number of β-amino-alcohol motifs (C(OH)–C–C–N with tert-alkyl or cyclic N) is 1. The second kappa shape index (κ2) is 10.2. The molecule has 2 heterocycles. The van der Waals surface area contributed by atoms with Crippen molar-refractivity contribution in [1.82, 2.24) is 10.2 Å². The Hall–Kier alpha value is -2.09. The predicted molar refractivity (Wildman–Crippen MR) is 130 cm³/mol. The number of amides is 2. The van der Waals surface area contributed by atoms with E-state index in [1.807, 2.05) is 32.9 Å². The lowest BCUT2D eigenvalue weighted by Gasteiger charge is -2.32. The largest absolute Gasteiger partial charge is 0.391 e. The van der Waals surface area contributed by atoms with Crippen LogP contribution in [0, 0.1) is 5.41 Å². The van der Waals surface area contributed by atoms with Gasteiger partial charge in [-0.25, -0.2) is 0 Å². The molecule has 7 heteroatoms. The van der Waals surface area contributed by atoms with E-state index in [0.717, 1.165) is 18.4 Å². The number of hydrogen-bond acceptors (Lipinski definition) is 5. The molecule has 0 bridgehead atoms. The molecule has 6 nitrogen and oxygen atoms in total. The molecule has 2 aliphatic heterocycles. The van der Waals surface area contributed by atoms with E-state index in [1.54, 1.807) is 11.8 Å². The van der Waals surface area contributed by atoms with Crippen LogP contribution in [0.5, 0.6) is 0 Å². The van der Waals surface area contributed by atoms with Crippen molar-refractivity contribution in [3.63, 3.8) is 0 Å². The second-order valence-electron chi connectivity index (χ2n) is 9.79. The number of hydrogen-bond donors (Lipinski definition) is 3. The second-order valence-corrected chi connectivity index (χ2v) is 10.7. The van der Waals surface area contributed by atoms with Crippen molar-refractivity contribution in [3.05, 3.63) is 52.4 Å². The van der Waals surface area contributed by atoms with E-state index in [2.05, 4.69) is 35.9 Å². The van der Waals surface area contributed by atoms with Crippen molar-refractivity contribution >= 4 is 28.5 Å². The quantitative estimate of drug-likeness (QED) is 0.630. The highest BCUT2D eigenvalue weighted by atomic mass is 32.2. The maximum atomic E-state index is 12.9. The van der Waals surface area contributed by atoms with Crippen LogP contribution in [0.4, 0.5) is 0 Å². The number of likely N-dealkylation sites (tertiary alicyclic amines) is 1. The summed E-state index contributed by atoms with van der Waals surface area (Å²) in [6.07, 6.45) is 3.85. The number of thioether (sulfide) groups is 1. The molecule has 3 atom stereocenters. The van der Waals surface area contributed by atoms with E-state index in [0.29, 0.717) is 6.54 Å². The van der Waals surface area contributed by atoms with Crippen molar-refractivity contribution in [1.29, 1.82) is 0 Å². The first-order valence-electron chi connectivity index (χ1n) is 11.2. The lowest BCUT2D eigenvalue weighted by molar-refractivity contribution is -0.141. The van der Waals surface area contributed by atoms with Crippen LogP contribution in [0.25, 0.3) is 4.91 Å². The standard InChI is InChI=1S/C25H35N3O3S/c1-16-7-5-6-12-32-21(16)18-10-8-17(9-11-18)14-27-23(30)20-13-19(29)15-28(20)24(31)22(26)25(2,3)4/h6,8-12,19-20,22,29H,5,7,13-15,26H2,1-4H3,(H,27,30)/t19-,20+,22-/m1/s1. The van der Waals surface area contributed by atoms with Crippen LogP contribution in [-0.2, 0) is 16.1 Å². The van der Waals surface area contributed by atoms with Crippen molar-refractivity contribution in [2.75, 3.05) is 6.54 Å². The number of aliphatic hydroxyl groups is 1. The van der Waals surface area contributed by atoms with Gasteiger partial charge in [0.05, 0.1) is 12.1 Å². The van der Waals surface area contributed by atoms with Crippen molar-refractivity contribution in [2.24, 2.45) is 11.1 Å². The zero-order valence-electron chi connectivity index (χ0n) is 19.4. The maximum absolute atomic E-state index is 12.9. The van der Waals surface area contributed by atoms with Gasteiger partial charge in [0.15, 0.2) is 0 Å². The Morgan fingerprint density at radius 1 is 1.28 bits per heavy atom. The van der Waals surface area contributed by atoms with Crippen LogP contribution >= 0.6 is 11.8 Å². The van der Waals surface area contributed by atoms with Crippen LogP contribution in [0.1, 0.15) is 58.1 Å². The summed E-state index contributed by atoms with van der Waals surface area (Å²) in [6, 6.07) is 6.78. The van der Waals surface area contributed by atoms with Gasteiger partial charge < -0.3 is 21.1 Å². The molecule has 0 spiro atoms. The van der Waals surface area contributed by atoms with Crippen LogP contribution in [0.2, 0.25) is 0 Å². The van der Waals surface area contributed by atoms with Crippen molar-refractivity contribution < 1.29 is 14.7 Å². The Bertz CT molecular complexity index is 902. The Labute approximate surface area is 195 Å². The monoisotopic (exact) mass is 457 g/mol. The zero-order chi connectivity index (χ0) is 23.5. The summed E-state index contributed by atoms with van der Waals surface area (Å²) < 4.78 is 0. The summed E-state index contributed by atoms with van der Waals surface area (Å²) in [5, 5.41) is 15.2. The Morgan fingerprint density at radius 3 is 2.62 bits per heavy atom. The molecule has 3 rings (SSSR count). The average molecular weight is 458 g/mol. The van der Waals surface area contributed by atoms with Gasteiger partial charge in [-0.2, -0.15) is 0 Å². The lowest BCUT2D eigenvalue weighted by atomic mass is 9.86. The predicted octanol–water partition coefficient (Wildman–Crippen LogP) is 3.41. The van der Waals surface area contributed by atoms with Gasteiger partial charge in [-0.15, -0.1) is 0 Å². The van der Waals surface area contributed by atoms with Gasteiger partial charge in [-0.1, -0.05) is 68.4 Å². The molecule has 1 aromatic carbocycles. The van der Waals surface area contributed by atoms with Gasteiger partial charge in [-0.05, 0) is 41.7 Å². The lowest BCUT2D eigenvalue weighted by Crippen LogP contribution is -2.54. The molecule has 32 heavy (non-hydrogen) atoms. The smallest absolute Gasteiger partial charge is 0.243 e. The summed E-state index contributed by atoms with van der Waals surface area (Å²) in [7, 11) is 0. The third-order valence-electron chi connectivity index (χ3n) is 6.10. The minimum Gasteiger partial charge on any atom is -0.391 e. The van der Waals surface area contributed by atoms with Crippen LogP contribution in [-0.4, -0.2) is 46.6 Å². The molecular formula is C25H35N3O3S.